The second-order valence-corrected chi connectivity index (χ2v) is 6.67. The van der Waals surface area contributed by atoms with Gasteiger partial charge in [0.15, 0.2) is 0 Å². The van der Waals surface area contributed by atoms with Crippen molar-refractivity contribution in [2.24, 2.45) is 0 Å². The van der Waals surface area contributed by atoms with Gasteiger partial charge in [0, 0.05) is 21.6 Å². The minimum absolute atomic E-state index is 0.487. The molecule has 1 heterocycles. The van der Waals surface area contributed by atoms with E-state index in [1.54, 1.807) is 0 Å². The van der Waals surface area contributed by atoms with Crippen molar-refractivity contribution in [3.05, 3.63) is 39.1 Å². The Balaban J connectivity index is 2.02. The molecule has 0 amide bonds. The maximum atomic E-state index is 6.04. The molecular formula is C16H19BrN4. The lowest BCUT2D eigenvalue weighted by Crippen LogP contribution is -2.07. The molecule has 1 aliphatic carbocycles. The van der Waals surface area contributed by atoms with Gasteiger partial charge >= 0.3 is 0 Å². The van der Waals surface area contributed by atoms with Gasteiger partial charge in [0.25, 0.3) is 0 Å². The van der Waals surface area contributed by atoms with Gasteiger partial charge in [-0.05, 0) is 56.9 Å². The van der Waals surface area contributed by atoms with E-state index in [1.807, 2.05) is 6.92 Å². The summed E-state index contributed by atoms with van der Waals surface area (Å²) in [7, 11) is 0. The highest BCUT2D eigenvalue weighted by Gasteiger charge is 2.28. The number of nitrogens with two attached hydrogens (primary N) is 1. The summed E-state index contributed by atoms with van der Waals surface area (Å²) < 4.78 is 1.08. The molecule has 0 atom stereocenters. The van der Waals surface area contributed by atoms with Gasteiger partial charge in [0.1, 0.15) is 17.5 Å². The molecule has 3 rings (SSSR count). The van der Waals surface area contributed by atoms with Crippen LogP contribution < -0.4 is 11.1 Å². The molecule has 21 heavy (non-hydrogen) atoms. The molecule has 5 heteroatoms. The van der Waals surface area contributed by atoms with Crippen LogP contribution in [0.25, 0.3) is 0 Å². The minimum Gasteiger partial charge on any atom is -0.383 e. The Hall–Kier alpha value is -1.62. The third kappa shape index (κ3) is 2.88. The molecule has 110 valence electrons. The van der Waals surface area contributed by atoms with Crippen LogP contribution in [0.4, 0.5) is 17.3 Å². The summed E-state index contributed by atoms with van der Waals surface area (Å²) >= 11 is 3.52. The van der Waals surface area contributed by atoms with Crippen molar-refractivity contribution in [3.63, 3.8) is 0 Å². The second kappa shape index (κ2) is 5.30. The summed E-state index contributed by atoms with van der Waals surface area (Å²) in [6, 6.07) is 4.19. The van der Waals surface area contributed by atoms with E-state index in [2.05, 4.69) is 57.2 Å². The van der Waals surface area contributed by atoms with Crippen molar-refractivity contribution in [2.75, 3.05) is 11.1 Å². The normalized spacial score (nSPS) is 14.3. The van der Waals surface area contributed by atoms with Gasteiger partial charge in [-0.3, -0.25) is 0 Å². The SMILES string of the molecule is Cc1cc(Br)cc(C)c1Nc1nc(C2CC2)nc(N)c1C. The highest BCUT2D eigenvalue weighted by molar-refractivity contribution is 9.10. The summed E-state index contributed by atoms with van der Waals surface area (Å²) in [6.45, 7) is 6.13. The van der Waals surface area contributed by atoms with Gasteiger partial charge in [-0.25, -0.2) is 9.97 Å². The summed E-state index contributed by atoms with van der Waals surface area (Å²) in [5.41, 5.74) is 10.4. The zero-order valence-electron chi connectivity index (χ0n) is 12.5. The Morgan fingerprint density at radius 2 is 1.76 bits per heavy atom. The summed E-state index contributed by atoms with van der Waals surface area (Å²) in [6.07, 6.45) is 2.33. The zero-order valence-corrected chi connectivity index (χ0v) is 14.1. The number of anilines is 3. The number of nitrogens with zero attached hydrogens (tertiary/aromatic N) is 2. The summed E-state index contributed by atoms with van der Waals surface area (Å²) in [5.74, 6) is 2.74. The maximum absolute atomic E-state index is 6.04. The third-order valence-electron chi connectivity index (χ3n) is 3.88. The van der Waals surface area contributed by atoms with Crippen molar-refractivity contribution in [1.29, 1.82) is 0 Å². The van der Waals surface area contributed by atoms with Gasteiger partial charge in [-0.2, -0.15) is 0 Å². The molecule has 4 nitrogen and oxygen atoms in total. The number of nitrogens with one attached hydrogen (secondary N) is 1. The van der Waals surface area contributed by atoms with E-state index in [-0.39, 0.29) is 0 Å². The van der Waals surface area contributed by atoms with Crippen LogP contribution >= 0.6 is 15.9 Å². The molecule has 0 aliphatic heterocycles. The summed E-state index contributed by atoms with van der Waals surface area (Å²) in [4.78, 5) is 9.10. The Kier molecular flexibility index (Phi) is 3.61. The number of nitrogen functional groups attached to an aromatic ring is 1. The van der Waals surface area contributed by atoms with E-state index in [1.165, 1.54) is 11.1 Å². The van der Waals surface area contributed by atoms with Crippen LogP contribution in [-0.4, -0.2) is 9.97 Å². The predicted molar refractivity (Wildman–Crippen MR) is 90.1 cm³/mol. The van der Waals surface area contributed by atoms with Crippen LogP contribution in [0.1, 0.15) is 41.3 Å². The van der Waals surface area contributed by atoms with Crippen LogP contribution in [0.15, 0.2) is 16.6 Å². The largest absolute Gasteiger partial charge is 0.383 e. The number of aromatic nitrogens is 2. The first-order valence-electron chi connectivity index (χ1n) is 7.13. The van der Waals surface area contributed by atoms with Gasteiger partial charge in [-0.1, -0.05) is 15.9 Å². The highest BCUT2D eigenvalue weighted by atomic mass is 79.9. The zero-order chi connectivity index (χ0) is 15.1. The molecule has 3 N–H and O–H groups in total. The Morgan fingerprint density at radius 3 is 2.33 bits per heavy atom. The van der Waals surface area contributed by atoms with Crippen LogP contribution in [-0.2, 0) is 0 Å². The standard InChI is InChI=1S/C16H19BrN4/c1-8-6-12(17)7-9(2)13(8)19-15-10(3)14(18)20-16(21-15)11-4-5-11/h6-7,11H,4-5H2,1-3H3,(H3,18,19,20,21). The van der Waals surface area contributed by atoms with Crippen molar-refractivity contribution in [3.8, 4) is 0 Å². The van der Waals surface area contributed by atoms with Gasteiger partial charge in [0.2, 0.25) is 0 Å². The average Bonchev–Trinajstić information content (AvgIpc) is 3.22. The Bertz CT molecular complexity index is 685. The van der Waals surface area contributed by atoms with E-state index in [0.29, 0.717) is 11.7 Å². The number of rotatable bonds is 3. The first kappa shape index (κ1) is 14.3. The van der Waals surface area contributed by atoms with Crippen LogP contribution in [0, 0.1) is 20.8 Å². The van der Waals surface area contributed by atoms with E-state index in [0.717, 1.165) is 40.2 Å². The predicted octanol–water partition coefficient (Wildman–Crippen LogP) is 4.37. The third-order valence-corrected chi connectivity index (χ3v) is 4.34. The fourth-order valence-electron chi connectivity index (χ4n) is 2.42. The Morgan fingerprint density at radius 1 is 1.14 bits per heavy atom. The molecule has 1 aromatic carbocycles. The molecule has 0 radical (unpaired) electrons. The minimum atomic E-state index is 0.487. The molecule has 1 aliphatic rings. The molecular weight excluding hydrogens is 328 g/mol. The molecule has 1 aromatic heterocycles. The van der Waals surface area contributed by atoms with E-state index < -0.39 is 0 Å². The fraction of sp³-hybridized carbons (Fsp3) is 0.375. The fourth-order valence-corrected chi connectivity index (χ4v) is 3.11. The van der Waals surface area contributed by atoms with E-state index in [9.17, 15) is 0 Å². The molecule has 2 aromatic rings. The quantitative estimate of drug-likeness (QED) is 0.866. The second-order valence-electron chi connectivity index (χ2n) is 5.75. The molecule has 0 bridgehead atoms. The maximum Gasteiger partial charge on any atom is 0.139 e. The molecule has 0 saturated heterocycles. The monoisotopic (exact) mass is 346 g/mol. The first-order chi connectivity index (χ1) is 9.95. The van der Waals surface area contributed by atoms with Gasteiger partial charge in [-0.15, -0.1) is 0 Å². The van der Waals surface area contributed by atoms with Crippen LogP contribution in [0.2, 0.25) is 0 Å². The first-order valence-corrected chi connectivity index (χ1v) is 7.92. The lowest BCUT2D eigenvalue weighted by atomic mass is 10.1. The van der Waals surface area contributed by atoms with E-state index in [4.69, 9.17) is 5.73 Å². The van der Waals surface area contributed by atoms with Gasteiger partial charge in [0.05, 0.1) is 0 Å². The molecule has 0 unspecified atom stereocenters. The number of aryl methyl sites for hydroxylation is 2. The molecule has 0 spiro atoms. The van der Waals surface area contributed by atoms with Crippen LogP contribution in [0.3, 0.4) is 0 Å². The van der Waals surface area contributed by atoms with Crippen LogP contribution in [0.5, 0.6) is 0 Å². The van der Waals surface area contributed by atoms with Crippen molar-refractivity contribution < 1.29 is 0 Å². The number of hydrogen-bond donors (Lipinski definition) is 2. The topological polar surface area (TPSA) is 63.8 Å². The number of halogens is 1. The number of benzene rings is 1. The lowest BCUT2D eigenvalue weighted by molar-refractivity contribution is 0.927. The van der Waals surface area contributed by atoms with Gasteiger partial charge < -0.3 is 11.1 Å². The van der Waals surface area contributed by atoms with Crippen molar-refractivity contribution in [1.82, 2.24) is 9.97 Å². The summed E-state index contributed by atoms with van der Waals surface area (Å²) in [5, 5.41) is 3.45. The van der Waals surface area contributed by atoms with Crippen molar-refractivity contribution in [2.45, 2.75) is 39.5 Å². The molecule has 1 saturated carbocycles. The average molecular weight is 347 g/mol. The molecule has 1 fully saturated rings. The number of hydrogen-bond acceptors (Lipinski definition) is 4. The van der Waals surface area contributed by atoms with E-state index >= 15 is 0 Å². The lowest BCUT2D eigenvalue weighted by Gasteiger charge is -2.16. The van der Waals surface area contributed by atoms with Crippen molar-refractivity contribution >= 4 is 33.3 Å². The Labute approximate surface area is 133 Å². The highest BCUT2D eigenvalue weighted by Crippen LogP contribution is 2.39. The smallest absolute Gasteiger partial charge is 0.139 e.